The van der Waals surface area contributed by atoms with E-state index in [4.69, 9.17) is 11.6 Å². The zero-order valence-electron chi connectivity index (χ0n) is 8.77. The van der Waals surface area contributed by atoms with Gasteiger partial charge in [-0.2, -0.15) is 0 Å². The fraction of sp³-hybridized carbons (Fsp3) is 0.0769. The Morgan fingerprint density at radius 1 is 1.06 bits per heavy atom. The molecule has 0 aromatic heterocycles. The lowest BCUT2D eigenvalue weighted by Crippen LogP contribution is -2.02. The average molecular weight is 253 g/mol. The molecule has 0 heterocycles. The van der Waals surface area contributed by atoms with Crippen molar-refractivity contribution >= 4 is 11.6 Å². The van der Waals surface area contributed by atoms with E-state index < -0.39 is 11.9 Å². The minimum absolute atomic E-state index is 0.102. The van der Waals surface area contributed by atoms with Crippen LogP contribution in [-0.2, 0) is 0 Å². The molecule has 0 radical (unpaired) electrons. The fourth-order valence-corrected chi connectivity index (χ4v) is 1.79. The molecule has 4 heteroatoms. The molecule has 0 spiro atoms. The summed E-state index contributed by atoms with van der Waals surface area (Å²) in [5.74, 6) is -0.649. The van der Waals surface area contributed by atoms with Crippen LogP contribution in [-0.4, -0.2) is 10.2 Å². The van der Waals surface area contributed by atoms with Gasteiger partial charge < -0.3 is 10.2 Å². The van der Waals surface area contributed by atoms with Crippen molar-refractivity contribution in [2.45, 2.75) is 6.10 Å². The second-order valence-corrected chi connectivity index (χ2v) is 4.06. The first-order valence-corrected chi connectivity index (χ1v) is 5.38. The van der Waals surface area contributed by atoms with Gasteiger partial charge in [-0.15, -0.1) is 0 Å². The van der Waals surface area contributed by atoms with Gasteiger partial charge in [-0.05, 0) is 24.3 Å². The number of aliphatic hydroxyl groups is 1. The summed E-state index contributed by atoms with van der Waals surface area (Å²) >= 11 is 5.77. The predicted molar refractivity (Wildman–Crippen MR) is 63.6 cm³/mol. The summed E-state index contributed by atoms with van der Waals surface area (Å²) in [6.45, 7) is 0. The molecule has 0 aliphatic heterocycles. The largest absolute Gasteiger partial charge is 0.508 e. The minimum atomic E-state index is -1.24. The Morgan fingerprint density at radius 3 is 2.47 bits per heavy atom. The van der Waals surface area contributed by atoms with Crippen LogP contribution in [0, 0.1) is 5.82 Å². The summed E-state index contributed by atoms with van der Waals surface area (Å²) in [5.41, 5.74) is 0.285. The van der Waals surface area contributed by atoms with Crippen molar-refractivity contribution in [3.63, 3.8) is 0 Å². The fourth-order valence-electron chi connectivity index (χ4n) is 1.61. The van der Waals surface area contributed by atoms with Crippen LogP contribution in [0.2, 0.25) is 5.02 Å². The van der Waals surface area contributed by atoms with Gasteiger partial charge >= 0.3 is 0 Å². The number of halogens is 2. The first-order valence-electron chi connectivity index (χ1n) is 5.00. The third kappa shape index (κ3) is 2.40. The molecule has 0 bridgehead atoms. The molecule has 0 aliphatic rings. The van der Waals surface area contributed by atoms with Crippen molar-refractivity contribution < 1.29 is 14.6 Å². The van der Waals surface area contributed by atoms with Crippen LogP contribution in [0.5, 0.6) is 5.75 Å². The Balaban J connectivity index is 2.47. The lowest BCUT2D eigenvalue weighted by Gasteiger charge is -2.14. The Labute approximate surface area is 103 Å². The predicted octanol–water partition coefficient (Wildman–Crippen LogP) is 3.27. The number of phenols is 1. The molecular formula is C13H10ClFO2. The van der Waals surface area contributed by atoms with Gasteiger partial charge in [0, 0.05) is 16.1 Å². The zero-order chi connectivity index (χ0) is 12.4. The van der Waals surface area contributed by atoms with E-state index in [1.54, 1.807) is 6.07 Å². The summed E-state index contributed by atoms with van der Waals surface area (Å²) in [5, 5.41) is 20.0. The van der Waals surface area contributed by atoms with Crippen molar-refractivity contribution in [3.8, 4) is 5.75 Å². The topological polar surface area (TPSA) is 40.5 Å². The van der Waals surface area contributed by atoms with E-state index in [0.717, 1.165) is 0 Å². The molecule has 2 rings (SSSR count). The number of hydrogen-bond acceptors (Lipinski definition) is 2. The summed E-state index contributed by atoms with van der Waals surface area (Å²) in [6, 6.07) is 10.1. The molecule has 88 valence electrons. The lowest BCUT2D eigenvalue weighted by atomic mass is 10.0. The average Bonchev–Trinajstić information content (AvgIpc) is 2.32. The molecule has 2 aromatic carbocycles. The van der Waals surface area contributed by atoms with Gasteiger partial charge in [0.25, 0.3) is 0 Å². The Kier molecular flexibility index (Phi) is 3.31. The van der Waals surface area contributed by atoms with Crippen LogP contribution >= 0.6 is 11.6 Å². The number of benzene rings is 2. The quantitative estimate of drug-likeness (QED) is 0.861. The number of aliphatic hydroxyl groups excluding tert-OH is 1. The van der Waals surface area contributed by atoms with E-state index in [9.17, 15) is 14.6 Å². The van der Waals surface area contributed by atoms with Crippen molar-refractivity contribution in [2.24, 2.45) is 0 Å². The van der Waals surface area contributed by atoms with Crippen LogP contribution in [0.4, 0.5) is 4.39 Å². The van der Waals surface area contributed by atoms with E-state index in [-0.39, 0.29) is 16.9 Å². The van der Waals surface area contributed by atoms with Gasteiger partial charge in [-0.3, -0.25) is 0 Å². The maximum absolute atomic E-state index is 13.5. The van der Waals surface area contributed by atoms with Crippen LogP contribution in [0.3, 0.4) is 0 Å². The first kappa shape index (κ1) is 11.9. The molecule has 0 saturated heterocycles. The molecular weight excluding hydrogens is 243 g/mol. The molecule has 1 atom stereocenters. The van der Waals surface area contributed by atoms with Crippen LogP contribution in [0.25, 0.3) is 0 Å². The minimum Gasteiger partial charge on any atom is -0.508 e. The van der Waals surface area contributed by atoms with E-state index in [1.165, 1.54) is 36.4 Å². The van der Waals surface area contributed by atoms with Gasteiger partial charge in [0.05, 0.1) is 0 Å². The smallest absolute Gasteiger partial charge is 0.129 e. The third-order valence-corrected chi connectivity index (χ3v) is 2.72. The summed E-state index contributed by atoms with van der Waals surface area (Å²) in [7, 11) is 0. The van der Waals surface area contributed by atoms with E-state index in [0.29, 0.717) is 5.02 Å². The molecule has 2 nitrogen and oxygen atoms in total. The monoisotopic (exact) mass is 252 g/mol. The van der Waals surface area contributed by atoms with Crippen molar-refractivity contribution in [2.75, 3.05) is 0 Å². The number of aromatic hydroxyl groups is 1. The molecule has 0 aliphatic carbocycles. The maximum atomic E-state index is 13.5. The van der Waals surface area contributed by atoms with Crippen molar-refractivity contribution in [1.29, 1.82) is 0 Å². The van der Waals surface area contributed by atoms with Gasteiger partial charge in [0.15, 0.2) is 0 Å². The van der Waals surface area contributed by atoms with E-state index in [1.807, 2.05) is 0 Å². The van der Waals surface area contributed by atoms with Gasteiger partial charge in [-0.1, -0.05) is 29.8 Å². The SMILES string of the molecule is Oc1ccc(Cl)cc1C(O)c1ccccc1F. The van der Waals surface area contributed by atoms with Crippen LogP contribution in [0.15, 0.2) is 42.5 Å². The highest BCUT2D eigenvalue weighted by Crippen LogP contribution is 2.32. The highest BCUT2D eigenvalue weighted by molar-refractivity contribution is 6.30. The summed E-state index contributed by atoms with van der Waals surface area (Å²) in [6.07, 6.45) is -1.24. The maximum Gasteiger partial charge on any atom is 0.129 e. The highest BCUT2D eigenvalue weighted by atomic mass is 35.5. The Morgan fingerprint density at radius 2 is 1.76 bits per heavy atom. The Bertz CT molecular complexity index is 543. The van der Waals surface area contributed by atoms with E-state index in [2.05, 4.69) is 0 Å². The molecule has 1 unspecified atom stereocenters. The number of rotatable bonds is 2. The molecule has 0 amide bonds. The standard InChI is InChI=1S/C13H10ClFO2/c14-8-5-6-12(16)10(7-8)13(17)9-3-1-2-4-11(9)15/h1-7,13,16-17H. The molecule has 0 saturated carbocycles. The second kappa shape index (κ2) is 4.73. The highest BCUT2D eigenvalue weighted by Gasteiger charge is 2.18. The van der Waals surface area contributed by atoms with Gasteiger partial charge in [0.1, 0.15) is 17.7 Å². The Hall–Kier alpha value is -1.58. The van der Waals surface area contributed by atoms with Crippen LogP contribution in [0.1, 0.15) is 17.2 Å². The zero-order valence-corrected chi connectivity index (χ0v) is 9.53. The second-order valence-electron chi connectivity index (χ2n) is 3.63. The van der Waals surface area contributed by atoms with Crippen molar-refractivity contribution in [1.82, 2.24) is 0 Å². The lowest BCUT2D eigenvalue weighted by molar-refractivity contribution is 0.210. The molecule has 2 N–H and O–H groups in total. The van der Waals surface area contributed by atoms with Crippen molar-refractivity contribution in [3.05, 3.63) is 64.4 Å². The van der Waals surface area contributed by atoms with Gasteiger partial charge in [-0.25, -0.2) is 4.39 Å². The summed E-state index contributed by atoms with van der Waals surface area (Å²) in [4.78, 5) is 0. The third-order valence-electron chi connectivity index (χ3n) is 2.48. The van der Waals surface area contributed by atoms with Gasteiger partial charge in [0.2, 0.25) is 0 Å². The number of hydrogen-bond donors (Lipinski definition) is 2. The van der Waals surface area contributed by atoms with E-state index >= 15 is 0 Å². The number of phenolic OH excluding ortho intramolecular Hbond substituents is 1. The normalized spacial score (nSPS) is 12.4. The van der Waals surface area contributed by atoms with Crippen LogP contribution < -0.4 is 0 Å². The molecule has 2 aromatic rings. The summed E-state index contributed by atoms with van der Waals surface area (Å²) < 4.78 is 13.5. The first-order chi connectivity index (χ1) is 8.09. The molecule has 0 fully saturated rings. The molecule has 17 heavy (non-hydrogen) atoms.